The number of rotatable bonds is 6. The van der Waals surface area contributed by atoms with Crippen LogP contribution in [0.5, 0.6) is 0 Å². The van der Waals surface area contributed by atoms with Gasteiger partial charge in [0.05, 0.1) is 0 Å². The highest BCUT2D eigenvalue weighted by atomic mass is 32.1. The van der Waals surface area contributed by atoms with Gasteiger partial charge >= 0.3 is 0 Å². The van der Waals surface area contributed by atoms with Crippen LogP contribution in [0.25, 0.3) is 11.5 Å². The van der Waals surface area contributed by atoms with E-state index in [1.807, 2.05) is 42.6 Å². The lowest BCUT2D eigenvalue weighted by Crippen LogP contribution is -2.27. The van der Waals surface area contributed by atoms with E-state index >= 15 is 0 Å². The summed E-state index contributed by atoms with van der Waals surface area (Å²) < 4.78 is 5.55. The summed E-state index contributed by atoms with van der Waals surface area (Å²) in [6.07, 6.45) is 0.936. The van der Waals surface area contributed by atoms with Crippen molar-refractivity contribution in [1.29, 1.82) is 0 Å². The maximum absolute atomic E-state index is 11.9. The van der Waals surface area contributed by atoms with Crippen LogP contribution in [0.2, 0.25) is 0 Å². The van der Waals surface area contributed by atoms with Gasteiger partial charge in [0.15, 0.2) is 0 Å². The minimum atomic E-state index is -0.110. The first kappa shape index (κ1) is 15.4. The minimum Gasteiger partial charge on any atom is -0.420 e. The highest BCUT2D eigenvalue weighted by Gasteiger charge is 2.12. The molecule has 1 aromatic carbocycles. The predicted molar refractivity (Wildman–Crippen MR) is 89.2 cm³/mol. The van der Waals surface area contributed by atoms with Gasteiger partial charge in [-0.1, -0.05) is 23.8 Å². The molecular formula is C17H17N3O2S. The number of aryl methyl sites for hydroxylation is 1. The molecule has 0 saturated heterocycles. The summed E-state index contributed by atoms with van der Waals surface area (Å²) in [4.78, 5) is 13.2. The number of nitrogens with one attached hydrogen (secondary N) is 1. The molecule has 1 N–H and O–H groups in total. The molecule has 2 heterocycles. The van der Waals surface area contributed by atoms with Gasteiger partial charge in [-0.3, -0.25) is 4.79 Å². The fourth-order valence-corrected chi connectivity index (χ4v) is 2.83. The maximum atomic E-state index is 11.9. The molecule has 23 heavy (non-hydrogen) atoms. The Morgan fingerprint density at radius 3 is 2.78 bits per heavy atom. The van der Waals surface area contributed by atoms with E-state index in [9.17, 15) is 4.79 Å². The molecule has 1 amide bonds. The van der Waals surface area contributed by atoms with Crippen LogP contribution < -0.4 is 5.32 Å². The van der Waals surface area contributed by atoms with Crippen molar-refractivity contribution in [2.75, 3.05) is 6.54 Å². The second-order valence-electron chi connectivity index (χ2n) is 5.22. The second-order valence-corrected chi connectivity index (χ2v) is 6.26. The molecule has 0 aliphatic heterocycles. The lowest BCUT2D eigenvalue weighted by molar-refractivity contribution is -0.120. The molecule has 5 nitrogen and oxygen atoms in total. The summed E-state index contributed by atoms with van der Waals surface area (Å²) in [5.41, 5.74) is 2.02. The van der Waals surface area contributed by atoms with E-state index in [1.165, 1.54) is 10.4 Å². The Labute approximate surface area is 138 Å². The normalized spacial score (nSPS) is 10.7. The van der Waals surface area contributed by atoms with Crippen molar-refractivity contribution in [3.05, 3.63) is 58.1 Å². The number of carbonyl (C=O) groups is 1. The molecule has 0 spiro atoms. The van der Waals surface area contributed by atoms with Crippen molar-refractivity contribution in [3.63, 3.8) is 0 Å². The molecule has 0 saturated carbocycles. The summed E-state index contributed by atoms with van der Waals surface area (Å²) in [7, 11) is 0. The fourth-order valence-electron chi connectivity index (χ4n) is 2.12. The molecule has 0 bridgehead atoms. The Bertz CT molecular complexity index is 764. The van der Waals surface area contributed by atoms with Crippen molar-refractivity contribution in [2.24, 2.45) is 0 Å². The van der Waals surface area contributed by atoms with Gasteiger partial charge in [-0.15, -0.1) is 21.5 Å². The van der Waals surface area contributed by atoms with Gasteiger partial charge in [0.2, 0.25) is 17.7 Å². The SMILES string of the molecule is Cc1ccc(-c2nnc(CC(=O)NCCc3cccs3)o2)cc1. The van der Waals surface area contributed by atoms with Gasteiger partial charge in [-0.25, -0.2) is 0 Å². The molecule has 0 aliphatic rings. The fraction of sp³-hybridized carbons (Fsp3) is 0.235. The molecule has 3 rings (SSSR count). The third kappa shape index (κ3) is 4.26. The van der Waals surface area contributed by atoms with Crippen LogP contribution in [-0.2, 0) is 17.6 Å². The van der Waals surface area contributed by atoms with Crippen molar-refractivity contribution >= 4 is 17.2 Å². The molecule has 0 unspecified atom stereocenters. The summed E-state index contributed by atoms with van der Waals surface area (Å²) in [6.45, 7) is 2.63. The second kappa shape index (κ2) is 7.19. The van der Waals surface area contributed by atoms with Crippen LogP contribution in [0.3, 0.4) is 0 Å². The smallest absolute Gasteiger partial charge is 0.247 e. The zero-order valence-electron chi connectivity index (χ0n) is 12.8. The molecule has 0 atom stereocenters. The number of benzene rings is 1. The monoisotopic (exact) mass is 327 g/mol. The molecule has 2 aromatic heterocycles. The van der Waals surface area contributed by atoms with Crippen LogP contribution in [0, 0.1) is 6.92 Å². The molecule has 118 valence electrons. The number of hydrogen-bond acceptors (Lipinski definition) is 5. The molecule has 3 aromatic rings. The topological polar surface area (TPSA) is 68.0 Å². The molecule has 0 aliphatic carbocycles. The van der Waals surface area contributed by atoms with Crippen molar-refractivity contribution in [3.8, 4) is 11.5 Å². The first-order valence-corrected chi connectivity index (χ1v) is 8.27. The van der Waals surface area contributed by atoms with Gasteiger partial charge in [0.25, 0.3) is 0 Å². The summed E-state index contributed by atoms with van der Waals surface area (Å²) in [6, 6.07) is 11.9. The van der Waals surface area contributed by atoms with Crippen LogP contribution in [-0.4, -0.2) is 22.6 Å². The van der Waals surface area contributed by atoms with Gasteiger partial charge in [0, 0.05) is 17.0 Å². The van der Waals surface area contributed by atoms with Crippen LogP contribution >= 0.6 is 11.3 Å². The number of amides is 1. The Kier molecular flexibility index (Phi) is 4.83. The number of nitrogens with zero attached hydrogens (tertiary/aromatic N) is 2. The minimum absolute atomic E-state index is 0.100. The Morgan fingerprint density at radius 1 is 1.22 bits per heavy atom. The van der Waals surface area contributed by atoms with Gasteiger partial charge in [-0.05, 0) is 36.9 Å². The zero-order valence-corrected chi connectivity index (χ0v) is 13.6. The third-order valence-corrected chi connectivity index (χ3v) is 4.29. The average Bonchev–Trinajstić information content (AvgIpc) is 3.20. The van der Waals surface area contributed by atoms with Crippen LogP contribution in [0.4, 0.5) is 0 Å². The lowest BCUT2D eigenvalue weighted by atomic mass is 10.1. The molecular weight excluding hydrogens is 310 g/mol. The van der Waals surface area contributed by atoms with E-state index < -0.39 is 0 Å². The zero-order chi connectivity index (χ0) is 16.1. The molecule has 6 heteroatoms. The van der Waals surface area contributed by atoms with E-state index in [2.05, 4.69) is 21.6 Å². The Hall–Kier alpha value is -2.47. The van der Waals surface area contributed by atoms with Crippen molar-refractivity contribution < 1.29 is 9.21 Å². The van der Waals surface area contributed by atoms with Crippen molar-refractivity contribution in [1.82, 2.24) is 15.5 Å². The van der Waals surface area contributed by atoms with Gasteiger partial charge < -0.3 is 9.73 Å². The van der Waals surface area contributed by atoms with Crippen molar-refractivity contribution in [2.45, 2.75) is 19.8 Å². The standard InChI is InChI=1S/C17H17N3O2S/c1-12-4-6-13(7-5-12)17-20-19-16(22-17)11-15(21)18-9-8-14-3-2-10-23-14/h2-7,10H,8-9,11H2,1H3,(H,18,21). The predicted octanol–water partition coefficient (Wildman–Crippen LogP) is 3.01. The summed E-state index contributed by atoms with van der Waals surface area (Å²) >= 11 is 1.69. The first-order valence-electron chi connectivity index (χ1n) is 7.39. The number of carbonyl (C=O) groups excluding carboxylic acids is 1. The average molecular weight is 327 g/mol. The summed E-state index contributed by atoms with van der Waals surface area (Å²) in [5, 5.41) is 12.8. The van der Waals surface area contributed by atoms with Crippen LogP contribution in [0.15, 0.2) is 46.2 Å². The number of thiophene rings is 1. The van der Waals surface area contributed by atoms with E-state index in [0.717, 1.165) is 12.0 Å². The maximum Gasteiger partial charge on any atom is 0.247 e. The van der Waals surface area contributed by atoms with Crippen LogP contribution in [0.1, 0.15) is 16.3 Å². The largest absolute Gasteiger partial charge is 0.420 e. The summed E-state index contributed by atoms with van der Waals surface area (Å²) in [5.74, 6) is 0.654. The van der Waals surface area contributed by atoms with E-state index in [1.54, 1.807) is 11.3 Å². The molecule has 0 radical (unpaired) electrons. The van der Waals surface area contributed by atoms with E-state index in [-0.39, 0.29) is 12.3 Å². The molecule has 0 fully saturated rings. The third-order valence-electron chi connectivity index (χ3n) is 3.35. The van der Waals surface area contributed by atoms with Gasteiger partial charge in [-0.2, -0.15) is 0 Å². The van der Waals surface area contributed by atoms with E-state index in [0.29, 0.717) is 18.3 Å². The highest BCUT2D eigenvalue weighted by Crippen LogP contribution is 2.18. The van der Waals surface area contributed by atoms with E-state index in [4.69, 9.17) is 4.42 Å². The quantitative estimate of drug-likeness (QED) is 0.756. The number of hydrogen-bond donors (Lipinski definition) is 1. The first-order chi connectivity index (χ1) is 11.2. The highest BCUT2D eigenvalue weighted by molar-refractivity contribution is 7.09. The lowest BCUT2D eigenvalue weighted by Gasteiger charge is -2.01. The Morgan fingerprint density at radius 2 is 2.04 bits per heavy atom. The van der Waals surface area contributed by atoms with Gasteiger partial charge in [0.1, 0.15) is 6.42 Å². The number of aromatic nitrogens is 2. The Balaban J connectivity index is 1.52.